The molecule has 7 heteroatoms. The van der Waals surface area contributed by atoms with Gasteiger partial charge in [-0.05, 0) is 51.8 Å². The first-order chi connectivity index (χ1) is 9.92. The number of halogens is 2. The Morgan fingerprint density at radius 2 is 1.86 bits per heavy atom. The number of nitrogens with zero attached hydrogens (tertiary/aromatic N) is 1. The van der Waals surface area contributed by atoms with Crippen LogP contribution in [0.25, 0.3) is 0 Å². The van der Waals surface area contributed by atoms with E-state index in [1.807, 2.05) is 6.07 Å². The van der Waals surface area contributed by atoms with Crippen molar-refractivity contribution in [3.63, 3.8) is 0 Å². The van der Waals surface area contributed by atoms with Crippen molar-refractivity contribution in [1.82, 2.24) is 0 Å². The molecular weight excluding hydrogens is 359 g/mol. The van der Waals surface area contributed by atoms with Crippen LogP contribution in [-0.4, -0.2) is 8.42 Å². The Morgan fingerprint density at radius 3 is 2.43 bits per heavy atom. The largest absolute Gasteiger partial charge is 0.280 e. The maximum atomic E-state index is 13.4. The maximum absolute atomic E-state index is 13.4. The topological polar surface area (TPSA) is 70.0 Å². The van der Waals surface area contributed by atoms with E-state index in [0.29, 0.717) is 0 Å². The second-order valence-corrected chi connectivity index (χ2v) is 6.75. The molecule has 0 saturated carbocycles. The first-order valence-electron chi connectivity index (χ1n) is 5.86. The minimum absolute atomic E-state index is 0.0486. The number of sulfonamides is 1. The molecule has 0 atom stereocenters. The van der Waals surface area contributed by atoms with E-state index in [4.69, 9.17) is 5.26 Å². The monoisotopic (exact) mass is 368 g/mol. The third-order valence-electron chi connectivity index (χ3n) is 2.69. The van der Waals surface area contributed by atoms with E-state index in [-0.39, 0.29) is 21.5 Å². The van der Waals surface area contributed by atoms with Crippen LogP contribution >= 0.6 is 15.9 Å². The third kappa shape index (κ3) is 3.80. The highest BCUT2D eigenvalue weighted by atomic mass is 79.9. The van der Waals surface area contributed by atoms with E-state index in [2.05, 4.69) is 20.7 Å². The molecule has 108 valence electrons. The molecule has 2 aromatic carbocycles. The molecule has 0 bridgehead atoms. The highest BCUT2D eigenvalue weighted by Gasteiger charge is 2.14. The van der Waals surface area contributed by atoms with Crippen LogP contribution in [0.5, 0.6) is 0 Å². The van der Waals surface area contributed by atoms with Crippen LogP contribution in [0.15, 0.2) is 51.8 Å². The Hall–Kier alpha value is -1.91. The second kappa shape index (κ2) is 6.24. The fraction of sp³-hybridized carbons (Fsp3) is 0.0714. The zero-order valence-electron chi connectivity index (χ0n) is 10.7. The van der Waals surface area contributed by atoms with Crippen LogP contribution in [0.2, 0.25) is 0 Å². The van der Waals surface area contributed by atoms with E-state index < -0.39 is 15.8 Å². The molecule has 0 aromatic heterocycles. The lowest BCUT2D eigenvalue weighted by atomic mass is 10.2. The molecule has 21 heavy (non-hydrogen) atoms. The molecule has 0 radical (unpaired) electrons. The fourth-order valence-corrected chi connectivity index (χ4v) is 2.95. The number of anilines is 1. The van der Waals surface area contributed by atoms with Crippen LogP contribution in [0.1, 0.15) is 5.56 Å². The van der Waals surface area contributed by atoms with Crippen molar-refractivity contribution in [3.8, 4) is 6.07 Å². The summed E-state index contributed by atoms with van der Waals surface area (Å²) < 4.78 is 40.3. The van der Waals surface area contributed by atoms with Crippen molar-refractivity contribution in [2.75, 3.05) is 4.72 Å². The predicted molar refractivity (Wildman–Crippen MR) is 80.7 cm³/mol. The van der Waals surface area contributed by atoms with Crippen LogP contribution < -0.4 is 4.72 Å². The van der Waals surface area contributed by atoms with Gasteiger partial charge in [0.15, 0.2) is 0 Å². The molecule has 0 heterocycles. The summed E-state index contributed by atoms with van der Waals surface area (Å²) in [6.07, 6.45) is 0.214. The Bertz CT molecular complexity index is 799. The van der Waals surface area contributed by atoms with Crippen molar-refractivity contribution in [2.45, 2.75) is 11.3 Å². The average Bonchev–Trinajstić information content (AvgIpc) is 2.44. The molecule has 2 rings (SSSR count). The lowest BCUT2D eigenvalue weighted by Gasteiger charge is -2.09. The summed E-state index contributed by atoms with van der Waals surface area (Å²) in [6.45, 7) is 0. The van der Waals surface area contributed by atoms with Gasteiger partial charge in [0, 0.05) is 0 Å². The number of hydrogen-bond donors (Lipinski definition) is 1. The Morgan fingerprint density at radius 1 is 1.19 bits per heavy atom. The molecule has 0 aliphatic carbocycles. The van der Waals surface area contributed by atoms with Gasteiger partial charge in [-0.3, -0.25) is 4.72 Å². The predicted octanol–water partition coefficient (Wildman–Crippen LogP) is 3.46. The smallest absolute Gasteiger partial charge is 0.261 e. The van der Waals surface area contributed by atoms with Crippen molar-refractivity contribution in [1.29, 1.82) is 5.26 Å². The Labute approximate surface area is 130 Å². The molecule has 0 amide bonds. The van der Waals surface area contributed by atoms with Gasteiger partial charge in [-0.1, -0.05) is 12.1 Å². The summed E-state index contributed by atoms with van der Waals surface area (Å²) in [5.41, 5.74) is 0.864. The van der Waals surface area contributed by atoms with Gasteiger partial charge in [-0.2, -0.15) is 5.26 Å². The molecule has 0 saturated heterocycles. The van der Waals surface area contributed by atoms with Gasteiger partial charge in [0.05, 0.1) is 27.5 Å². The van der Waals surface area contributed by atoms with Crippen molar-refractivity contribution in [2.24, 2.45) is 0 Å². The minimum atomic E-state index is -3.79. The van der Waals surface area contributed by atoms with Gasteiger partial charge in [-0.15, -0.1) is 0 Å². The Kier molecular flexibility index (Phi) is 4.60. The third-order valence-corrected chi connectivity index (χ3v) is 4.73. The number of benzene rings is 2. The zero-order chi connectivity index (χ0) is 15.5. The van der Waals surface area contributed by atoms with Crippen LogP contribution in [-0.2, 0) is 16.4 Å². The first-order valence-corrected chi connectivity index (χ1v) is 8.14. The molecule has 0 spiro atoms. The normalized spacial score (nSPS) is 10.9. The summed E-state index contributed by atoms with van der Waals surface area (Å²) in [6, 6.07) is 11.9. The van der Waals surface area contributed by atoms with E-state index >= 15 is 0 Å². The molecular formula is C14H10BrFN2O2S. The molecule has 0 aliphatic rings. The van der Waals surface area contributed by atoms with Gasteiger partial charge >= 0.3 is 0 Å². The molecule has 4 nitrogen and oxygen atoms in total. The van der Waals surface area contributed by atoms with Gasteiger partial charge in [-0.25, -0.2) is 12.8 Å². The number of nitriles is 1. The second-order valence-electron chi connectivity index (χ2n) is 4.21. The highest BCUT2D eigenvalue weighted by molar-refractivity contribution is 9.10. The first kappa shape index (κ1) is 15.5. The standard InChI is InChI=1S/C14H10BrFN2O2S/c15-13-6-3-11(9-14(13)16)18-21(19,20)12-4-1-10(2-5-12)7-8-17/h1-6,9,18H,7H2. The van der Waals surface area contributed by atoms with Crippen LogP contribution in [0, 0.1) is 17.1 Å². The molecule has 1 N–H and O–H groups in total. The molecule has 2 aromatic rings. The summed E-state index contributed by atoms with van der Waals surface area (Å²) >= 11 is 3.00. The highest BCUT2D eigenvalue weighted by Crippen LogP contribution is 2.22. The van der Waals surface area contributed by atoms with Crippen LogP contribution in [0.3, 0.4) is 0 Å². The molecule has 0 aliphatic heterocycles. The minimum Gasteiger partial charge on any atom is -0.280 e. The quantitative estimate of drug-likeness (QED) is 0.898. The van der Waals surface area contributed by atoms with E-state index in [1.54, 1.807) is 12.1 Å². The summed E-state index contributed by atoms with van der Waals surface area (Å²) in [7, 11) is -3.79. The zero-order valence-corrected chi connectivity index (χ0v) is 13.1. The van der Waals surface area contributed by atoms with E-state index in [0.717, 1.165) is 11.6 Å². The van der Waals surface area contributed by atoms with Crippen molar-refractivity contribution < 1.29 is 12.8 Å². The number of rotatable bonds is 4. The number of hydrogen-bond acceptors (Lipinski definition) is 3. The Balaban J connectivity index is 2.25. The molecule has 0 unspecified atom stereocenters. The van der Waals surface area contributed by atoms with Crippen molar-refractivity contribution >= 4 is 31.6 Å². The van der Waals surface area contributed by atoms with Crippen molar-refractivity contribution in [3.05, 3.63) is 58.3 Å². The fourth-order valence-electron chi connectivity index (χ4n) is 1.65. The van der Waals surface area contributed by atoms with E-state index in [1.165, 1.54) is 24.3 Å². The lowest BCUT2D eigenvalue weighted by Crippen LogP contribution is -2.13. The summed E-state index contributed by atoms with van der Waals surface area (Å²) in [4.78, 5) is 0.0486. The van der Waals surface area contributed by atoms with Gasteiger partial charge < -0.3 is 0 Å². The summed E-state index contributed by atoms with van der Waals surface area (Å²) in [5, 5.41) is 8.57. The lowest BCUT2D eigenvalue weighted by molar-refractivity contribution is 0.601. The van der Waals surface area contributed by atoms with Gasteiger partial charge in [0.2, 0.25) is 0 Å². The molecule has 0 fully saturated rings. The number of nitrogens with one attached hydrogen (secondary N) is 1. The van der Waals surface area contributed by atoms with Crippen LogP contribution in [0.4, 0.5) is 10.1 Å². The maximum Gasteiger partial charge on any atom is 0.261 e. The SMILES string of the molecule is N#CCc1ccc(S(=O)(=O)Nc2ccc(Br)c(F)c2)cc1. The van der Waals surface area contributed by atoms with E-state index in [9.17, 15) is 12.8 Å². The summed E-state index contributed by atoms with van der Waals surface area (Å²) in [5.74, 6) is -0.556. The van der Waals surface area contributed by atoms with Gasteiger partial charge in [0.25, 0.3) is 10.0 Å². The van der Waals surface area contributed by atoms with Gasteiger partial charge in [0.1, 0.15) is 5.82 Å². The average molecular weight is 369 g/mol.